The van der Waals surface area contributed by atoms with Crippen molar-refractivity contribution in [1.29, 1.82) is 0 Å². The topological polar surface area (TPSA) is 110 Å². The van der Waals surface area contributed by atoms with Gasteiger partial charge in [-0.3, -0.25) is 24.6 Å². The van der Waals surface area contributed by atoms with Crippen molar-refractivity contribution in [3.63, 3.8) is 0 Å². The third-order valence-corrected chi connectivity index (χ3v) is 4.27. The Hall–Kier alpha value is -2.19. The number of nitrogen functional groups attached to an aromatic ring is 1. The summed E-state index contributed by atoms with van der Waals surface area (Å²) in [6.07, 6.45) is 2.10. The number of nitrogens with one attached hydrogen (secondary N) is 2. The Bertz CT molecular complexity index is 787. The smallest absolute Gasteiger partial charge is 0.296 e. The number of thiophene rings is 1. The van der Waals surface area contributed by atoms with Gasteiger partial charge in [-0.2, -0.15) is 0 Å². The van der Waals surface area contributed by atoms with Crippen molar-refractivity contribution in [2.75, 3.05) is 0 Å². The number of hydrogen-bond donors (Lipinski definition) is 3. The monoisotopic (exact) mass is 308 g/mol. The summed E-state index contributed by atoms with van der Waals surface area (Å²) in [5.74, 6) is 4.74. The molecule has 2 aromatic rings. The lowest BCUT2D eigenvalue weighted by atomic mass is 10.2. The fraction of sp³-hybridized carbons (Fsp3) is 0.308. The largest absolute Gasteiger partial charge is 0.328 e. The maximum absolute atomic E-state index is 11.8. The van der Waals surface area contributed by atoms with Crippen LogP contribution in [0.2, 0.25) is 0 Å². The molecule has 4 N–H and O–H groups in total. The summed E-state index contributed by atoms with van der Waals surface area (Å²) < 4.78 is 1.43. The number of nitrogens with two attached hydrogens (primary N) is 1. The van der Waals surface area contributed by atoms with Gasteiger partial charge in [0, 0.05) is 16.6 Å². The Morgan fingerprint density at radius 3 is 2.76 bits per heavy atom. The molecule has 21 heavy (non-hydrogen) atoms. The molecule has 0 saturated carbocycles. The number of aryl methyl sites for hydroxylation is 2. The predicted octanol–water partition coefficient (Wildman–Crippen LogP) is 0.121. The van der Waals surface area contributed by atoms with Crippen molar-refractivity contribution >= 4 is 17.2 Å². The standard InChI is InChI=1S/C13H16N4O3S/c1-3-8-5-17(13(20)15-11(8)18)6-9-4-10(12(19)16-14)21-7(9)2/h4-5H,3,6,14H2,1-2H3,(H,16,19)(H,15,18,20). The molecule has 0 saturated heterocycles. The van der Waals surface area contributed by atoms with Crippen LogP contribution in [-0.2, 0) is 13.0 Å². The fourth-order valence-corrected chi connectivity index (χ4v) is 2.90. The minimum atomic E-state index is -0.465. The molecule has 0 radical (unpaired) electrons. The van der Waals surface area contributed by atoms with Crippen LogP contribution in [0.1, 0.15) is 32.6 Å². The Kier molecular flexibility index (Phi) is 4.39. The number of carbonyl (C=O) groups is 1. The van der Waals surface area contributed by atoms with Crippen molar-refractivity contribution in [2.45, 2.75) is 26.8 Å². The molecule has 0 spiro atoms. The minimum Gasteiger partial charge on any atom is -0.296 e. The molecule has 0 aromatic carbocycles. The van der Waals surface area contributed by atoms with Crippen LogP contribution in [0.5, 0.6) is 0 Å². The zero-order chi connectivity index (χ0) is 15.6. The lowest BCUT2D eigenvalue weighted by molar-refractivity contribution is 0.0957. The van der Waals surface area contributed by atoms with Gasteiger partial charge in [-0.05, 0) is 25.0 Å². The number of aromatic nitrogens is 2. The normalized spacial score (nSPS) is 10.6. The number of hydrogen-bond acceptors (Lipinski definition) is 5. The molecule has 0 aliphatic heterocycles. The van der Waals surface area contributed by atoms with Crippen LogP contribution in [0.4, 0.5) is 0 Å². The van der Waals surface area contributed by atoms with E-state index in [0.29, 0.717) is 23.4 Å². The van der Waals surface area contributed by atoms with Crippen molar-refractivity contribution < 1.29 is 4.79 Å². The van der Waals surface area contributed by atoms with E-state index in [1.165, 1.54) is 15.9 Å². The summed E-state index contributed by atoms with van der Waals surface area (Å²) in [5.41, 5.74) is 2.64. The van der Waals surface area contributed by atoms with E-state index in [1.807, 2.05) is 13.8 Å². The van der Waals surface area contributed by atoms with E-state index in [9.17, 15) is 14.4 Å². The van der Waals surface area contributed by atoms with E-state index in [1.54, 1.807) is 12.3 Å². The van der Waals surface area contributed by atoms with Crippen LogP contribution in [0.25, 0.3) is 0 Å². The van der Waals surface area contributed by atoms with E-state index < -0.39 is 5.69 Å². The summed E-state index contributed by atoms with van der Waals surface area (Å²) in [5, 5.41) is 0. The lowest BCUT2D eigenvalue weighted by Crippen LogP contribution is -2.32. The number of nitrogens with zero attached hydrogens (tertiary/aromatic N) is 1. The summed E-state index contributed by atoms with van der Waals surface area (Å²) in [6.45, 7) is 4.01. The number of carbonyl (C=O) groups excluding carboxylic acids is 1. The Morgan fingerprint density at radius 2 is 2.14 bits per heavy atom. The van der Waals surface area contributed by atoms with E-state index >= 15 is 0 Å². The van der Waals surface area contributed by atoms with E-state index in [4.69, 9.17) is 5.84 Å². The van der Waals surface area contributed by atoms with Gasteiger partial charge in [0.05, 0.1) is 11.4 Å². The predicted molar refractivity (Wildman–Crippen MR) is 80.5 cm³/mol. The van der Waals surface area contributed by atoms with Gasteiger partial charge in [0.1, 0.15) is 0 Å². The van der Waals surface area contributed by atoms with Crippen molar-refractivity contribution in [3.05, 3.63) is 54.0 Å². The molecule has 2 heterocycles. The van der Waals surface area contributed by atoms with Gasteiger partial charge in [0.15, 0.2) is 0 Å². The number of rotatable bonds is 4. The number of aromatic amines is 1. The highest BCUT2D eigenvalue weighted by atomic mass is 32.1. The Morgan fingerprint density at radius 1 is 1.43 bits per heavy atom. The third kappa shape index (κ3) is 3.11. The molecular weight excluding hydrogens is 292 g/mol. The van der Waals surface area contributed by atoms with Crippen LogP contribution in [0.15, 0.2) is 21.9 Å². The molecular formula is C13H16N4O3S. The lowest BCUT2D eigenvalue weighted by Gasteiger charge is -2.06. The maximum atomic E-state index is 11.8. The summed E-state index contributed by atoms with van der Waals surface area (Å²) in [7, 11) is 0. The third-order valence-electron chi connectivity index (χ3n) is 3.18. The summed E-state index contributed by atoms with van der Waals surface area (Å²) >= 11 is 1.31. The highest BCUT2D eigenvalue weighted by molar-refractivity contribution is 7.14. The molecule has 0 bridgehead atoms. The molecule has 0 aliphatic carbocycles. The van der Waals surface area contributed by atoms with Gasteiger partial charge < -0.3 is 0 Å². The zero-order valence-corrected chi connectivity index (χ0v) is 12.5. The zero-order valence-electron chi connectivity index (χ0n) is 11.7. The van der Waals surface area contributed by atoms with Crippen LogP contribution < -0.4 is 22.5 Å². The summed E-state index contributed by atoms with van der Waals surface area (Å²) in [4.78, 5) is 38.6. The molecule has 0 atom stereocenters. The van der Waals surface area contributed by atoms with Crippen LogP contribution in [-0.4, -0.2) is 15.5 Å². The second-order valence-electron chi connectivity index (χ2n) is 4.56. The highest BCUT2D eigenvalue weighted by Gasteiger charge is 2.12. The van der Waals surface area contributed by atoms with E-state index in [-0.39, 0.29) is 11.5 Å². The number of amides is 1. The second kappa shape index (κ2) is 6.06. The maximum Gasteiger partial charge on any atom is 0.328 e. The van der Waals surface area contributed by atoms with Crippen molar-refractivity contribution in [2.24, 2.45) is 5.84 Å². The van der Waals surface area contributed by atoms with Crippen molar-refractivity contribution in [1.82, 2.24) is 15.0 Å². The molecule has 0 fully saturated rings. The van der Waals surface area contributed by atoms with Gasteiger partial charge in [-0.25, -0.2) is 10.6 Å². The molecule has 8 heteroatoms. The first kappa shape index (κ1) is 15.2. The Balaban J connectivity index is 2.39. The SMILES string of the molecule is CCc1cn(Cc2cc(C(=O)NN)sc2C)c(=O)[nH]c1=O. The first-order valence-electron chi connectivity index (χ1n) is 6.39. The van der Waals surface area contributed by atoms with Crippen LogP contribution in [0, 0.1) is 6.92 Å². The number of H-pyrrole nitrogens is 1. The van der Waals surface area contributed by atoms with Crippen LogP contribution in [0.3, 0.4) is 0 Å². The molecule has 2 rings (SSSR count). The van der Waals surface area contributed by atoms with E-state index in [2.05, 4.69) is 10.4 Å². The molecule has 1 amide bonds. The highest BCUT2D eigenvalue weighted by Crippen LogP contribution is 2.22. The first-order chi connectivity index (χ1) is 9.96. The molecule has 0 unspecified atom stereocenters. The minimum absolute atomic E-state index is 0.294. The fourth-order valence-electron chi connectivity index (χ4n) is 1.97. The second-order valence-corrected chi connectivity index (χ2v) is 5.82. The van der Waals surface area contributed by atoms with Gasteiger partial charge in [-0.1, -0.05) is 6.92 Å². The summed E-state index contributed by atoms with van der Waals surface area (Å²) in [6, 6.07) is 1.70. The van der Waals surface area contributed by atoms with Gasteiger partial charge in [-0.15, -0.1) is 11.3 Å². The molecule has 2 aromatic heterocycles. The molecule has 7 nitrogen and oxygen atoms in total. The van der Waals surface area contributed by atoms with E-state index in [0.717, 1.165) is 10.4 Å². The molecule has 0 aliphatic rings. The van der Waals surface area contributed by atoms with Crippen molar-refractivity contribution in [3.8, 4) is 0 Å². The first-order valence-corrected chi connectivity index (χ1v) is 7.20. The average Bonchev–Trinajstić information content (AvgIpc) is 2.82. The molecule has 112 valence electrons. The van der Waals surface area contributed by atoms with Gasteiger partial charge >= 0.3 is 5.69 Å². The number of hydrazine groups is 1. The quantitative estimate of drug-likeness (QED) is 0.423. The van der Waals surface area contributed by atoms with Crippen LogP contribution >= 0.6 is 11.3 Å². The van der Waals surface area contributed by atoms with Gasteiger partial charge in [0.25, 0.3) is 11.5 Å². The van der Waals surface area contributed by atoms with Gasteiger partial charge in [0.2, 0.25) is 0 Å². The average molecular weight is 308 g/mol. The Labute approximate surface area is 124 Å².